The summed E-state index contributed by atoms with van der Waals surface area (Å²) in [6.45, 7) is 3.89. The van der Waals surface area contributed by atoms with Crippen LogP contribution in [0.3, 0.4) is 0 Å². The molecule has 0 heterocycles. The SMILES string of the molecule is C=CCOC(=O)C1CCC2CC2C1. The largest absolute Gasteiger partial charge is 0.461 e. The highest BCUT2D eigenvalue weighted by Crippen LogP contribution is 2.51. The fourth-order valence-electron chi connectivity index (χ4n) is 2.32. The van der Waals surface area contributed by atoms with E-state index >= 15 is 0 Å². The predicted octanol–water partition coefficient (Wildman–Crippen LogP) is 2.15. The topological polar surface area (TPSA) is 26.3 Å². The van der Waals surface area contributed by atoms with E-state index in [9.17, 15) is 4.79 Å². The molecule has 2 heteroatoms. The minimum Gasteiger partial charge on any atom is -0.461 e. The van der Waals surface area contributed by atoms with E-state index in [0.717, 1.165) is 24.7 Å². The van der Waals surface area contributed by atoms with Crippen LogP contribution in [0.25, 0.3) is 0 Å². The fraction of sp³-hybridized carbons (Fsp3) is 0.727. The van der Waals surface area contributed by atoms with Crippen molar-refractivity contribution >= 4 is 5.97 Å². The summed E-state index contributed by atoms with van der Waals surface area (Å²) < 4.78 is 5.04. The first kappa shape index (κ1) is 8.79. The molecule has 0 amide bonds. The van der Waals surface area contributed by atoms with E-state index in [2.05, 4.69) is 6.58 Å². The Hall–Kier alpha value is -0.790. The van der Waals surface area contributed by atoms with Gasteiger partial charge in [0, 0.05) is 0 Å². The van der Waals surface area contributed by atoms with Crippen molar-refractivity contribution in [1.82, 2.24) is 0 Å². The van der Waals surface area contributed by atoms with E-state index < -0.39 is 0 Å². The third-order valence-corrected chi connectivity index (χ3v) is 3.22. The summed E-state index contributed by atoms with van der Waals surface area (Å²) in [5.41, 5.74) is 0. The van der Waals surface area contributed by atoms with Crippen LogP contribution >= 0.6 is 0 Å². The summed E-state index contributed by atoms with van der Waals surface area (Å²) in [7, 11) is 0. The van der Waals surface area contributed by atoms with Crippen molar-refractivity contribution in [3.8, 4) is 0 Å². The summed E-state index contributed by atoms with van der Waals surface area (Å²) in [5, 5.41) is 0. The number of rotatable bonds is 3. The standard InChI is InChI=1S/C11H16O2/c1-2-5-13-11(12)9-4-3-8-6-10(8)7-9/h2,8-10H,1,3-7H2. The van der Waals surface area contributed by atoms with Crippen molar-refractivity contribution in [3.63, 3.8) is 0 Å². The molecule has 0 saturated heterocycles. The second-order valence-electron chi connectivity index (χ2n) is 4.18. The predicted molar refractivity (Wildman–Crippen MR) is 50.1 cm³/mol. The lowest BCUT2D eigenvalue weighted by molar-refractivity contribution is -0.148. The van der Waals surface area contributed by atoms with Crippen LogP contribution in [-0.4, -0.2) is 12.6 Å². The first-order valence-corrected chi connectivity index (χ1v) is 5.08. The summed E-state index contributed by atoms with van der Waals surface area (Å²) in [6.07, 6.45) is 6.32. The normalized spacial score (nSPS) is 36.2. The Morgan fingerprint density at radius 1 is 1.38 bits per heavy atom. The van der Waals surface area contributed by atoms with Gasteiger partial charge < -0.3 is 4.74 Å². The number of hydrogen-bond acceptors (Lipinski definition) is 2. The smallest absolute Gasteiger partial charge is 0.309 e. The lowest BCUT2D eigenvalue weighted by Crippen LogP contribution is -2.21. The molecule has 0 aromatic carbocycles. The highest BCUT2D eigenvalue weighted by Gasteiger charge is 2.44. The Morgan fingerprint density at radius 3 is 2.92 bits per heavy atom. The van der Waals surface area contributed by atoms with Crippen LogP contribution in [0.15, 0.2) is 12.7 Å². The van der Waals surface area contributed by atoms with E-state index in [1.165, 1.54) is 12.8 Å². The van der Waals surface area contributed by atoms with Crippen LogP contribution in [0.1, 0.15) is 25.7 Å². The second kappa shape index (κ2) is 3.52. The van der Waals surface area contributed by atoms with Gasteiger partial charge in [-0.15, -0.1) is 0 Å². The van der Waals surface area contributed by atoms with Gasteiger partial charge in [0.05, 0.1) is 5.92 Å². The molecule has 72 valence electrons. The van der Waals surface area contributed by atoms with Crippen LogP contribution in [0.5, 0.6) is 0 Å². The number of fused-ring (bicyclic) bond motifs is 1. The molecule has 2 fully saturated rings. The van der Waals surface area contributed by atoms with Gasteiger partial charge in [-0.3, -0.25) is 4.79 Å². The number of ether oxygens (including phenoxy) is 1. The molecular formula is C11H16O2. The quantitative estimate of drug-likeness (QED) is 0.491. The van der Waals surface area contributed by atoms with E-state index in [1.807, 2.05) is 0 Å². The number of carbonyl (C=O) groups excluding carboxylic acids is 1. The second-order valence-corrected chi connectivity index (χ2v) is 4.18. The first-order chi connectivity index (χ1) is 6.31. The van der Waals surface area contributed by atoms with Gasteiger partial charge in [-0.2, -0.15) is 0 Å². The maximum atomic E-state index is 11.5. The molecule has 0 N–H and O–H groups in total. The summed E-state index contributed by atoms with van der Waals surface area (Å²) in [4.78, 5) is 11.5. The highest BCUT2D eigenvalue weighted by molar-refractivity contribution is 5.72. The van der Waals surface area contributed by atoms with E-state index in [-0.39, 0.29) is 11.9 Å². The first-order valence-electron chi connectivity index (χ1n) is 5.08. The highest BCUT2D eigenvalue weighted by atomic mass is 16.5. The molecule has 2 nitrogen and oxygen atoms in total. The van der Waals surface area contributed by atoms with Gasteiger partial charge in [0.2, 0.25) is 0 Å². The van der Waals surface area contributed by atoms with Crippen LogP contribution in [0, 0.1) is 17.8 Å². The van der Waals surface area contributed by atoms with Gasteiger partial charge in [-0.05, 0) is 37.5 Å². The van der Waals surface area contributed by atoms with Crippen LogP contribution in [0.2, 0.25) is 0 Å². The van der Waals surface area contributed by atoms with Crippen molar-refractivity contribution in [2.24, 2.45) is 17.8 Å². The molecular weight excluding hydrogens is 164 g/mol. The molecule has 0 spiro atoms. The van der Waals surface area contributed by atoms with Crippen molar-refractivity contribution < 1.29 is 9.53 Å². The molecule has 13 heavy (non-hydrogen) atoms. The van der Waals surface area contributed by atoms with Crippen LogP contribution < -0.4 is 0 Å². The molecule has 0 bridgehead atoms. The molecule has 0 aromatic heterocycles. The van der Waals surface area contributed by atoms with Crippen LogP contribution in [0.4, 0.5) is 0 Å². The average Bonchev–Trinajstić information content (AvgIpc) is 2.91. The summed E-state index contributed by atoms with van der Waals surface area (Å²) >= 11 is 0. The Labute approximate surface area is 79.0 Å². The third-order valence-electron chi connectivity index (χ3n) is 3.22. The summed E-state index contributed by atoms with van der Waals surface area (Å²) in [6, 6.07) is 0. The minimum atomic E-state index is -0.00903. The maximum Gasteiger partial charge on any atom is 0.309 e. The van der Waals surface area contributed by atoms with Gasteiger partial charge in [0.25, 0.3) is 0 Å². The van der Waals surface area contributed by atoms with E-state index in [4.69, 9.17) is 4.74 Å². The van der Waals surface area contributed by atoms with Crippen LogP contribution in [-0.2, 0) is 9.53 Å². The zero-order valence-electron chi connectivity index (χ0n) is 7.87. The van der Waals surface area contributed by atoms with Gasteiger partial charge in [0.15, 0.2) is 0 Å². The lowest BCUT2D eigenvalue weighted by Gasteiger charge is -2.18. The van der Waals surface area contributed by atoms with Gasteiger partial charge in [-0.1, -0.05) is 12.7 Å². The summed E-state index contributed by atoms with van der Waals surface area (Å²) in [5.74, 6) is 1.97. The van der Waals surface area contributed by atoms with Crippen molar-refractivity contribution in [2.45, 2.75) is 25.7 Å². The Morgan fingerprint density at radius 2 is 2.23 bits per heavy atom. The molecule has 3 atom stereocenters. The average molecular weight is 180 g/mol. The molecule has 2 aliphatic rings. The molecule has 0 aliphatic heterocycles. The van der Waals surface area contributed by atoms with Crippen molar-refractivity contribution in [2.75, 3.05) is 6.61 Å². The van der Waals surface area contributed by atoms with Crippen molar-refractivity contribution in [3.05, 3.63) is 12.7 Å². The zero-order valence-corrected chi connectivity index (χ0v) is 7.87. The van der Waals surface area contributed by atoms with Gasteiger partial charge in [0.1, 0.15) is 6.61 Å². The van der Waals surface area contributed by atoms with E-state index in [0.29, 0.717) is 6.61 Å². The van der Waals surface area contributed by atoms with Gasteiger partial charge >= 0.3 is 5.97 Å². The maximum absolute atomic E-state index is 11.5. The van der Waals surface area contributed by atoms with Crippen molar-refractivity contribution in [1.29, 1.82) is 0 Å². The minimum absolute atomic E-state index is 0.00903. The third kappa shape index (κ3) is 1.93. The Balaban J connectivity index is 1.78. The Bertz CT molecular complexity index is 222. The fourth-order valence-corrected chi connectivity index (χ4v) is 2.32. The molecule has 0 radical (unpaired) electrons. The number of carbonyl (C=O) groups is 1. The van der Waals surface area contributed by atoms with E-state index in [1.54, 1.807) is 6.08 Å². The molecule has 2 saturated carbocycles. The molecule has 0 aromatic rings. The number of hydrogen-bond donors (Lipinski definition) is 0. The molecule has 3 unspecified atom stereocenters. The number of esters is 1. The Kier molecular flexibility index (Phi) is 2.38. The molecule has 2 aliphatic carbocycles. The molecule has 2 rings (SSSR count). The lowest BCUT2D eigenvalue weighted by atomic mass is 9.89. The monoisotopic (exact) mass is 180 g/mol. The van der Waals surface area contributed by atoms with Gasteiger partial charge in [-0.25, -0.2) is 0 Å². The zero-order chi connectivity index (χ0) is 9.26.